The Balaban J connectivity index is 1.55. The van der Waals surface area contributed by atoms with Gasteiger partial charge in [0, 0.05) is 37.3 Å². The molecule has 0 saturated carbocycles. The molecule has 5 nitrogen and oxygen atoms in total. The van der Waals surface area contributed by atoms with E-state index in [1.54, 1.807) is 13.1 Å². The summed E-state index contributed by atoms with van der Waals surface area (Å²) in [7, 11) is 0. The summed E-state index contributed by atoms with van der Waals surface area (Å²) in [5.74, 6) is 2.02. The van der Waals surface area contributed by atoms with Crippen molar-refractivity contribution in [2.75, 3.05) is 24.6 Å². The fourth-order valence-corrected chi connectivity index (χ4v) is 3.56. The monoisotopic (exact) mass is 382 g/mol. The first-order valence-corrected chi connectivity index (χ1v) is 10.1. The average molecular weight is 383 g/mol. The number of carbonyl (C=O) groups is 1. The first kappa shape index (κ1) is 20.2. The summed E-state index contributed by atoms with van der Waals surface area (Å²) >= 11 is 0. The number of anilines is 1. The van der Waals surface area contributed by atoms with Crippen molar-refractivity contribution in [3.8, 4) is 11.6 Å². The Hall–Kier alpha value is -2.56. The quantitative estimate of drug-likeness (QED) is 0.634. The first-order valence-electron chi connectivity index (χ1n) is 10.1. The molecule has 2 aromatic rings. The SMILES string of the molecule is CCCOc1cc(N2CCC(Oc3ccc([C@H](C)CC(C)=O)cc3)C2)ccn1. The summed E-state index contributed by atoms with van der Waals surface area (Å²) in [5.41, 5.74) is 2.30. The highest BCUT2D eigenvalue weighted by atomic mass is 16.5. The van der Waals surface area contributed by atoms with Gasteiger partial charge in [0.15, 0.2) is 0 Å². The van der Waals surface area contributed by atoms with Gasteiger partial charge in [0.1, 0.15) is 17.6 Å². The molecular formula is C23H30N2O3. The van der Waals surface area contributed by atoms with Crippen molar-refractivity contribution in [3.05, 3.63) is 48.2 Å². The molecule has 5 heteroatoms. The molecule has 1 saturated heterocycles. The van der Waals surface area contributed by atoms with Crippen molar-refractivity contribution >= 4 is 11.5 Å². The molecule has 1 aliphatic rings. The van der Waals surface area contributed by atoms with Crippen molar-refractivity contribution < 1.29 is 14.3 Å². The van der Waals surface area contributed by atoms with E-state index in [4.69, 9.17) is 9.47 Å². The molecule has 1 fully saturated rings. The molecule has 28 heavy (non-hydrogen) atoms. The van der Waals surface area contributed by atoms with E-state index < -0.39 is 0 Å². The summed E-state index contributed by atoms with van der Waals surface area (Å²) in [6, 6.07) is 12.2. The summed E-state index contributed by atoms with van der Waals surface area (Å²) in [4.78, 5) is 17.9. The highest BCUT2D eigenvalue weighted by Gasteiger charge is 2.24. The van der Waals surface area contributed by atoms with E-state index in [0.29, 0.717) is 18.9 Å². The van der Waals surface area contributed by atoms with Crippen molar-refractivity contribution in [2.45, 2.75) is 52.1 Å². The normalized spacial score (nSPS) is 17.4. The topological polar surface area (TPSA) is 51.7 Å². The lowest BCUT2D eigenvalue weighted by atomic mass is 9.96. The van der Waals surface area contributed by atoms with Crippen LogP contribution in [-0.4, -0.2) is 36.6 Å². The Kier molecular flexibility index (Phi) is 6.90. The number of nitrogens with zero attached hydrogens (tertiary/aromatic N) is 2. The van der Waals surface area contributed by atoms with Crippen LogP contribution >= 0.6 is 0 Å². The maximum Gasteiger partial charge on any atom is 0.215 e. The van der Waals surface area contributed by atoms with Crippen LogP contribution in [0.3, 0.4) is 0 Å². The highest BCUT2D eigenvalue weighted by molar-refractivity contribution is 5.76. The van der Waals surface area contributed by atoms with Crippen molar-refractivity contribution in [1.82, 2.24) is 4.98 Å². The van der Waals surface area contributed by atoms with Gasteiger partial charge in [-0.1, -0.05) is 26.0 Å². The zero-order valence-electron chi connectivity index (χ0n) is 17.1. The third-order valence-electron chi connectivity index (χ3n) is 5.03. The van der Waals surface area contributed by atoms with Crippen LogP contribution in [0.1, 0.15) is 51.5 Å². The van der Waals surface area contributed by atoms with E-state index >= 15 is 0 Å². The first-order chi connectivity index (χ1) is 13.5. The third kappa shape index (κ3) is 5.47. The number of hydrogen-bond donors (Lipinski definition) is 0. The van der Waals surface area contributed by atoms with Gasteiger partial charge >= 0.3 is 0 Å². The molecule has 1 unspecified atom stereocenters. The Morgan fingerprint density at radius 3 is 2.79 bits per heavy atom. The van der Waals surface area contributed by atoms with Gasteiger partial charge in [-0.25, -0.2) is 4.98 Å². The minimum Gasteiger partial charge on any atom is -0.489 e. The molecule has 0 amide bonds. The van der Waals surface area contributed by atoms with Gasteiger partial charge in [-0.15, -0.1) is 0 Å². The fraction of sp³-hybridized carbons (Fsp3) is 0.478. The minimum atomic E-state index is 0.161. The number of carbonyl (C=O) groups excluding carboxylic acids is 1. The highest BCUT2D eigenvalue weighted by Crippen LogP contribution is 2.27. The summed E-state index contributed by atoms with van der Waals surface area (Å²) in [6.07, 6.45) is 4.49. The zero-order valence-corrected chi connectivity index (χ0v) is 17.1. The predicted molar refractivity (Wildman–Crippen MR) is 111 cm³/mol. The number of Topliss-reactive ketones (excluding diaryl/α,β-unsaturated/α-hetero) is 1. The van der Waals surface area contributed by atoms with E-state index in [-0.39, 0.29) is 17.8 Å². The molecule has 1 aliphatic heterocycles. The molecule has 2 atom stereocenters. The largest absolute Gasteiger partial charge is 0.489 e. The van der Waals surface area contributed by atoms with Crippen LogP contribution in [-0.2, 0) is 4.79 Å². The Morgan fingerprint density at radius 2 is 2.07 bits per heavy atom. The maximum atomic E-state index is 11.3. The smallest absolute Gasteiger partial charge is 0.215 e. The number of rotatable bonds is 9. The van der Waals surface area contributed by atoms with Gasteiger partial charge in [-0.3, -0.25) is 0 Å². The molecule has 0 N–H and O–H groups in total. The van der Waals surface area contributed by atoms with Crippen LogP contribution in [0.5, 0.6) is 11.6 Å². The number of benzene rings is 1. The molecule has 3 rings (SSSR count). The van der Waals surface area contributed by atoms with Crippen LogP contribution in [0.25, 0.3) is 0 Å². The van der Waals surface area contributed by atoms with Crippen LogP contribution in [0.4, 0.5) is 5.69 Å². The molecule has 0 radical (unpaired) electrons. The van der Waals surface area contributed by atoms with E-state index in [1.165, 1.54) is 5.56 Å². The van der Waals surface area contributed by atoms with E-state index in [0.717, 1.165) is 37.4 Å². The molecule has 0 spiro atoms. The Bertz CT molecular complexity index is 776. The van der Waals surface area contributed by atoms with Gasteiger partial charge < -0.3 is 19.2 Å². The van der Waals surface area contributed by atoms with E-state index in [2.05, 4.69) is 35.9 Å². The number of ether oxygens (including phenoxy) is 2. The second kappa shape index (κ2) is 9.58. The molecule has 1 aromatic carbocycles. The summed E-state index contributed by atoms with van der Waals surface area (Å²) in [6.45, 7) is 8.29. The summed E-state index contributed by atoms with van der Waals surface area (Å²) < 4.78 is 11.8. The minimum absolute atomic E-state index is 0.161. The van der Waals surface area contributed by atoms with E-state index in [1.807, 2.05) is 24.3 Å². The molecule has 2 heterocycles. The van der Waals surface area contributed by atoms with Crippen LogP contribution in [0.15, 0.2) is 42.6 Å². The third-order valence-corrected chi connectivity index (χ3v) is 5.03. The standard InChI is InChI=1S/C23H30N2O3/c1-4-13-27-23-15-20(9-11-24-23)25-12-10-22(16-25)28-21-7-5-19(6-8-21)17(2)14-18(3)26/h5-9,11,15,17,22H,4,10,12-14,16H2,1-3H3/t17-,22?/m1/s1. The molecule has 0 aliphatic carbocycles. The average Bonchev–Trinajstić information content (AvgIpc) is 3.15. The second-order valence-corrected chi connectivity index (χ2v) is 7.55. The van der Waals surface area contributed by atoms with Crippen molar-refractivity contribution in [3.63, 3.8) is 0 Å². The van der Waals surface area contributed by atoms with Gasteiger partial charge in [-0.05, 0) is 43.0 Å². The molecular weight excluding hydrogens is 352 g/mol. The Morgan fingerprint density at radius 1 is 1.29 bits per heavy atom. The van der Waals surface area contributed by atoms with Crippen LogP contribution in [0, 0.1) is 0 Å². The van der Waals surface area contributed by atoms with E-state index in [9.17, 15) is 4.79 Å². The number of hydrogen-bond acceptors (Lipinski definition) is 5. The van der Waals surface area contributed by atoms with Gasteiger partial charge in [0.25, 0.3) is 0 Å². The number of ketones is 1. The molecule has 0 bridgehead atoms. The fourth-order valence-electron chi connectivity index (χ4n) is 3.56. The molecule has 1 aromatic heterocycles. The maximum absolute atomic E-state index is 11.3. The zero-order chi connectivity index (χ0) is 19.9. The second-order valence-electron chi connectivity index (χ2n) is 7.55. The Labute approximate surface area is 167 Å². The van der Waals surface area contributed by atoms with Crippen molar-refractivity contribution in [2.24, 2.45) is 0 Å². The molecule has 150 valence electrons. The predicted octanol–water partition coefficient (Wildman–Crippen LogP) is 4.61. The number of pyridine rings is 1. The van der Waals surface area contributed by atoms with Gasteiger partial charge in [-0.2, -0.15) is 0 Å². The van der Waals surface area contributed by atoms with Crippen LogP contribution in [0.2, 0.25) is 0 Å². The lowest BCUT2D eigenvalue weighted by molar-refractivity contribution is -0.117. The summed E-state index contributed by atoms with van der Waals surface area (Å²) in [5, 5.41) is 0. The lowest BCUT2D eigenvalue weighted by Gasteiger charge is -2.20. The van der Waals surface area contributed by atoms with Crippen molar-refractivity contribution in [1.29, 1.82) is 0 Å². The van der Waals surface area contributed by atoms with Gasteiger partial charge in [0.2, 0.25) is 5.88 Å². The lowest BCUT2D eigenvalue weighted by Crippen LogP contribution is -2.24. The van der Waals surface area contributed by atoms with Crippen LogP contribution < -0.4 is 14.4 Å². The van der Waals surface area contributed by atoms with Gasteiger partial charge in [0.05, 0.1) is 13.2 Å². The number of aromatic nitrogens is 1.